The smallest absolute Gasteiger partial charge is 1.00 e. The molecule has 0 radical (unpaired) electrons. The van der Waals surface area contributed by atoms with Crippen LogP contribution in [0.25, 0.3) is 12.2 Å². The second-order valence-corrected chi connectivity index (χ2v) is 25.4. The van der Waals surface area contributed by atoms with Gasteiger partial charge in [-0.3, -0.25) is 29.2 Å². The van der Waals surface area contributed by atoms with Crippen molar-refractivity contribution in [2.45, 2.75) is 136 Å². The Bertz CT molecular complexity index is 3000. The number of nitrogens with zero attached hydrogens (tertiary/aromatic N) is 6. The maximum atomic E-state index is 11.2. The van der Waals surface area contributed by atoms with Crippen LogP contribution in [0.2, 0.25) is 0 Å². The third-order valence-electron chi connectivity index (χ3n) is 12.1. The van der Waals surface area contributed by atoms with Crippen molar-refractivity contribution in [1.29, 1.82) is 0 Å². The topological polar surface area (TPSA) is 306 Å². The van der Waals surface area contributed by atoms with Crippen LogP contribution in [0, 0.1) is 5.21 Å². The van der Waals surface area contributed by atoms with Crippen molar-refractivity contribution in [3.8, 4) is 0 Å². The number of aliphatic imine (C=N–C) groups is 1. The molecular formula is C80H129ClN8NaO15S2-. The zero-order valence-electron chi connectivity index (χ0n) is 66.2. The number of amides is 3. The summed E-state index contributed by atoms with van der Waals surface area (Å²) in [4.78, 5) is 62.3. The van der Waals surface area contributed by atoms with Crippen LogP contribution in [0.5, 0.6) is 0 Å². The summed E-state index contributed by atoms with van der Waals surface area (Å²) in [7, 11) is -0.712. The van der Waals surface area contributed by atoms with Crippen LogP contribution >= 0.6 is 0 Å². The van der Waals surface area contributed by atoms with E-state index in [9.17, 15) is 55.1 Å². The molecule has 1 saturated heterocycles. The second-order valence-electron chi connectivity index (χ2n) is 22.7. The third kappa shape index (κ3) is 107. The van der Waals surface area contributed by atoms with Crippen molar-refractivity contribution in [3.05, 3.63) is 242 Å². The quantitative estimate of drug-likeness (QED) is 0.00747. The van der Waals surface area contributed by atoms with Gasteiger partial charge in [-0.1, -0.05) is 193 Å². The molecule has 0 bridgehead atoms. The fourth-order valence-corrected chi connectivity index (χ4v) is 7.29. The van der Waals surface area contributed by atoms with Gasteiger partial charge in [0.1, 0.15) is 26.8 Å². The van der Waals surface area contributed by atoms with Gasteiger partial charge in [-0.15, -0.1) is 6.58 Å². The van der Waals surface area contributed by atoms with E-state index in [4.69, 9.17) is 4.74 Å². The summed E-state index contributed by atoms with van der Waals surface area (Å²) in [6.07, 6.45) is 46.9. The standard InChI is InChI=1S/C13H27NO.C10H20O.C8H16N.C8H8O3S.C7H7N.C7H10O2.2C6H9NO.C5H8N2.C4H7NO.C4H6O2.C2H4O3S.ClH.Na/c1-4-5-6-7-8-9-10-11-12-13-14(2,3)15;1-3-5-6-7-8-9-10-11-4-2;1-5-7-9(3,4)8-6-2;1-2-7-3-5-8(6-4-7)12(9,10)11;1-2-7-3-5-8-6-4-7;1-4-5-9-7(8)6(2)3;1-2-7-5-3-4-6(7)8;1-3-5-7-6(8)4-2;1-2-7-4-3-6-5-7;1-3-5-4(2)6;1-3-6-4(2)5;1-2-6(3,4)5;;/h5-6H,4,7-13H2,1-3H3;4H,2-3,5-10H2,1H3;5-6H,1-2,7-8H2,3-4H3;2-6H,1H2,(H,9,10,11);2-6H,1H2;4H,1-2,5H2,3H3;2H,1,3-5H2;3-4H,1-2,5H2,(H,7,8);2,5H,1,3-4H2;3H,1H2,2H3,(H,5,6);3H,1H2,2H3;2H,1H2,(H,3,4,5);1H;/q;;+1;;;;;;;;;;;+1/p-3/b6-5-;;;;;;;;;;;;;. The Hall–Kier alpha value is -7.92. The number of esters is 2. The van der Waals surface area contributed by atoms with E-state index >= 15 is 0 Å². The second kappa shape index (κ2) is 85.3. The number of unbranched alkanes of at least 4 members (excludes halogenated alkanes) is 10. The molecule has 4 rings (SSSR count). The molecule has 3 amide bonds. The van der Waals surface area contributed by atoms with E-state index in [2.05, 4.69) is 162 Å². The van der Waals surface area contributed by atoms with Crippen molar-refractivity contribution in [1.82, 2.24) is 25.4 Å². The zero-order valence-corrected chi connectivity index (χ0v) is 70.6. The Balaban J connectivity index is -0.000000121. The molecule has 23 nitrogen and oxygen atoms in total. The first-order valence-corrected chi connectivity index (χ1v) is 37.0. The summed E-state index contributed by atoms with van der Waals surface area (Å²) in [5, 5.41) is 16.4. The summed E-state index contributed by atoms with van der Waals surface area (Å²) in [5.41, 5.74) is 2.30. The van der Waals surface area contributed by atoms with E-state index in [1.165, 1.54) is 133 Å². The average molecular weight is 1570 g/mol. The molecule has 27 heteroatoms. The number of aromatic nitrogens is 1. The molecule has 600 valence electrons. The van der Waals surface area contributed by atoms with Gasteiger partial charge in [0.05, 0.1) is 84.7 Å². The maximum absolute atomic E-state index is 11.2. The number of hydroxylamine groups is 3. The van der Waals surface area contributed by atoms with Crippen LogP contribution in [-0.4, -0.2) is 173 Å². The van der Waals surface area contributed by atoms with Crippen molar-refractivity contribution >= 4 is 68.4 Å². The van der Waals surface area contributed by atoms with Crippen LogP contribution < -0.4 is 52.6 Å². The Morgan fingerprint density at radius 1 is 0.682 bits per heavy atom. The van der Waals surface area contributed by atoms with Crippen LogP contribution in [0.3, 0.4) is 0 Å². The van der Waals surface area contributed by atoms with Crippen LogP contribution in [-0.2, 0) is 58.4 Å². The molecule has 107 heavy (non-hydrogen) atoms. The number of likely N-dealkylation sites (N-methyl/N-ethyl adjacent to an activating group) is 1. The number of carbonyl (C=O) groups excluding carboxylic acids is 5. The SMILES string of the molecule is C=CCNC(=O)C=C.C=CCOC(=O)C(=C)C.C=CC[N+](C)(C)CC=C.C=CN1C=NCC1.C=CN1CCCC1=O.C=CNC(C)=O.C=COC(C)=O.C=COCCCCCCCC.C=CS(=O)(=O)[O-].C=Cc1ccc(S(=O)(=O)[O-])cc1.C=Cc1ccncc1.CC/C=C\CCCCCCC[N+](C)(C)[O-].[Cl-].[Na+]. The van der Waals surface area contributed by atoms with Crippen molar-refractivity contribution in [2.75, 3.05) is 87.2 Å². The van der Waals surface area contributed by atoms with Crippen LogP contribution in [0.15, 0.2) is 235 Å². The van der Waals surface area contributed by atoms with Gasteiger partial charge < -0.3 is 70.5 Å². The largest absolute Gasteiger partial charge is 1.00 e. The molecule has 1 aromatic carbocycles. The Labute approximate surface area is 674 Å². The fourth-order valence-electron chi connectivity index (χ4n) is 6.82. The molecule has 0 saturated carbocycles. The molecular weight excluding hydrogens is 1440 g/mol. The molecule has 1 aromatic heterocycles. The van der Waals surface area contributed by atoms with Gasteiger partial charge in [0.15, 0.2) is 0 Å². The van der Waals surface area contributed by atoms with Gasteiger partial charge in [0, 0.05) is 63.3 Å². The molecule has 0 atom stereocenters. The van der Waals surface area contributed by atoms with Gasteiger partial charge in [0.2, 0.25) is 17.7 Å². The zero-order chi connectivity index (χ0) is 82.2. The summed E-state index contributed by atoms with van der Waals surface area (Å²) >= 11 is 0. The molecule has 2 N–H and O–H groups in total. The van der Waals surface area contributed by atoms with Gasteiger partial charge in [-0.25, -0.2) is 21.6 Å². The minimum Gasteiger partial charge on any atom is -1.00 e. The number of carbonyl (C=O) groups is 5. The van der Waals surface area contributed by atoms with E-state index in [0.29, 0.717) is 23.9 Å². The molecule has 1 fully saturated rings. The average Bonchev–Trinajstić information content (AvgIpc) is 1.18. The number of allylic oxidation sites excluding steroid dienone is 2. The molecule has 3 heterocycles. The number of ether oxygens (including phenoxy) is 3. The van der Waals surface area contributed by atoms with Gasteiger partial charge in [0.25, 0.3) is 0 Å². The molecule has 0 aliphatic carbocycles. The first-order valence-electron chi connectivity index (χ1n) is 34.1. The molecule has 0 unspecified atom stereocenters. The number of hydrogen-bond acceptors (Lipinski definition) is 18. The minimum atomic E-state index is -4.31. The monoisotopic (exact) mass is 1560 g/mol. The number of hydrogen-bond donors (Lipinski definition) is 2. The first-order chi connectivity index (χ1) is 49.4. The number of benzene rings is 1. The first kappa shape index (κ1) is 120. The molecule has 0 spiro atoms. The van der Waals surface area contributed by atoms with Crippen molar-refractivity contribution in [2.24, 2.45) is 4.99 Å². The third-order valence-corrected chi connectivity index (χ3v) is 13.4. The molecule has 2 aromatic rings. The van der Waals surface area contributed by atoms with E-state index in [0.717, 1.165) is 87.0 Å². The van der Waals surface area contributed by atoms with Gasteiger partial charge in [-0.05, 0) is 124 Å². The summed E-state index contributed by atoms with van der Waals surface area (Å²) in [5.74, 6) is -0.727. The Morgan fingerprint density at radius 3 is 1.52 bits per heavy atom. The van der Waals surface area contributed by atoms with E-state index in [-0.39, 0.29) is 87.8 Å². The predicted molar refractivity (Wildman–Crippen MR) is 435 cm³/mol. The summed E-state index contributed by atoms with van der Waals surface area (Å²) in [6, 6.07) is 9.40. The molecule has 2 aliphatic heterocycles. The van der Waals surface area contributed by atoms with Gasteiger partial charge in [-0.2, -0.15) is 0 Å². The number of quaternary nitrogens is 2. The predicted octanol–water partition coefficient (Wildman–Crippen LogP) is 9.40. The maximum Gasteiger partial charge on any atom is 1.00 e. The Kier molecular flexibility index (Phi) is 95.8. The number of pyridine rings is 1. The number of likely N-dealkylation sites (tertiary alicyclic amines) is 1. The van der Waals surface area contributed by atoms with Crippen LogP contribution in [0.1, 0.15) is 142 Å². The van der Waals surface area contributed by atoms with Crippen LogP contribution in [0.4, 0.5) is 0 Å². The van der Waals surface area contributed by atoms with Crippen molar-refractivity contribution < 1.29 is 115 Å². The van der Waals surface area contributed by atoms with Crippen molar-refractivity contribution in [3.63, 3.8) is 0 Å². The van der Waals surface area contributed by atoms with E-state index in [1.54, 1.807) is 75.3 Å². The number of nitrogens with one attached hydrogen (secondary N) is 2. The summed E-state index contributed by atoms with van der Waals surface area (Å²) in [6.45, 7) is 63.6. The molecule has 2 aliphatic rings. The van der Waals surface area contributed by atoms with E-state index < -0.39 is 20.2 Å². The van der Waals surface area contributed by atoms with E-state index in [1.807, 2.05) is 29.2 Å². The number of halogens is 1. The fraction of sp³-hybridized carbons (Fsp3) is 0.412. The Morgan fingerprint density at radius 2 is 1.21 bits per heavy atom. The van der Waals surface area contributed by atoms with Gasteiger partial charge >= 0.3 is 41.5 Å². The number of rotatable bonds is 35. The summed E-state index contributed by atoms with van der Waals surface area (Å²) < 4.78 is 73.9. The normalized spacial score (nSPS) is 10.8. The minimum absolute atomic E-state index is 0.